The van der Waals surface area contributed by atoms with Gasteiger partial charge in [0.2, 0.25) is 5.91 Å². The van der Waals surface area contributed by atoms with Crippen molar-refractivity contribution in [1.29, 1.82) is 0 Å². The summed E-state index contributed by atoms with van der Waals surface area (Å²) in [5, 5.41) is 0. The molecule has 5 heteroatoms. The normalized spacial score (nSPS) is 12.0. The molecule has 0 saturated carbocycles. The molecule has 0 bridgehead atoms. The molecule has 0 heterocycles. The number of nitrogens with two attached hydrogens (primary N) is 1. The predicted octanol–water partition coefficient (Wildman–Crippen LogP) is 0.525. The van der Waals surface area contributed by atoms with Crippen LogP contribution in [-0.2, 0) is 14.3 Å². The zero-order valence-electron chi connectivity index (χ0n) is 10.4. The Balaban J connectivity index is 4.10. The van der Waals surface area contributed by atoms with Crippen molar-refractivity contribution in [2.75, 3.05) is 19.7 Å². The van der Waals surface area contributed by atoms with Gasteiger partial charge >= 0.3 is 5.97 Å². The van der Waals surface area contributed by atoms with E-state index >= 15 is 0 Å². The summed E-state index contributed by atoms with van der Waals surface area (Å²) in [5.74, 6) is -0.381. The minimum Gasteiger partial charge on any atom is -0.466 e. The van der Waals surface area contributed by atoms with E-state index in [1.54, 1.807) is 11.8 Å². The predicted molar refractivity (Wildman–Crippen MR) is 61.8 cm³/mol. The molecule has 0 radical (unpaired) electrons. The van der Waals surface area contributed by atoms with E-state index < -0.39 is 6.04 Å². The van der Waals surface area contributed by atoms with Gasteiger partial charge in [0.25, 0.3) is 0 Å². The van der Waals surface area contributed by atoms with E-state index in [-0.39, 0.29) is 18.3 Å². The van der Waals surface area contributed by atoms with Gasteiger partial charge in [-0.1, -0.05) is 6.92 Å². The molecule has 1 amide bonds. The zero-order valence-corrected chi connectivity index (χ0v) is 10.4. The Kier molecular flexibility index (Phi) is 7.54. The van der Waals surface area contributed by atoms with Crippen molar-refractivity contribution in [3.05, 3.63) is 0 Å². The highest BCUT2D eigenvalue weighted by Gasteiger charge is 2.18. The second kappa shape index (κ2) is 8.10. The molecule has 0 unspecified atom stereocenters. The van der Waals surface area contributed by atoms with Crippen LogP contribution in [0.2, 0.25) is 0 Å². The van der Waals surface area contributed by atoms with Crippen LogP contribution in [-0.4, -0.2) is 42.5 Å². The molecule has 2 N–H and O–H groups in total. The molecule has 0 aliphatic rings. The number of carbonyl (C=O) groups excluding carboxylic acids is 2. The Hall–Kier alpha value is -1.10. The Morgan fingerprint density at radius 1 is 1.31 bits per heavy atom. The van der Waals surface area contributed by atoms with Gasteiger partial charge < -0.3 is 15.4 Å². The molecule has 0 aromatic heterocycles. The van der Waals surface area contributed by atoms with E-state index in [0.717, 1.165) is 0 Å². The number of carbonyl (C=O) groups is 2. The molecule has 0 spiro atoms. The van der Waals surface area contributed by atoms with E-state index in [2.05, 4.69) is 0 Å². The molecule has 0 fully saturated rings. The first-order valence-corrected chi connectivity index (χ1v) is 5.76. The molecule has 94 valence electrons. The van der Waals surface area contributed by atoms with Crippen LogP contribution in [0, 0.1) is 0 Å². The highest BCUT2D eigenvalue weighted by atomic mass is 16.5. The van der Waals surface area contributed by atoms with Crippen LogP contribution < -0.4 is 5.73 Å². The number of likely N-dealkylation sites (N-methyl/N-ethyl adjacent to an activating group) is 1. The van der Waals surface area contributed by atoms with Gasteiger partial charge in [-0.15, -0.1) is 0 Å². The molecule has 0 rings (SSSR count). The second-order valence-electron chi connectivity index (χ2n) is 3.49. The van der Waals surface area contributed by atoms with Crippen molar-refractivity contribution in [3.8, 4) is 0 Å². The smallest absolute Gasteiger partial charge is 0.307 e. The first-order chi connectivity index (χ1) is 7.56. The lowest BCUT2D eigenvalue weighted by Gasteiger charge is -2.23. The minimum atomic E-state index is -0.470. The molecule has 0 aromatic carbocycles. The lowest BCUT2D eigenvalue weighted by molar-refractivity contribution is -0.144. The molecule has 0 aromatic rings. The lowest BCUT2D eigenvalue weighted by Crippen LogP contribution is -2.44. The van der Waals surface area contributed by atoms with Crippen molar-refractivity contribution < 1.29 is 14.3 Å². The molecular formula is C11H22N2O3. The number of nitrogens with zero attached hydrogens (tertiary/aromatic N) is 1. The number of hydrogen-bond acceptors (Lipinski definition) is 4. The van der Waals surface area contributed by atoms with E-state index in [4.69, 9.17) is 10.5 Å². The van der Waals surface area contributed by atoms with Crippen molar-refractivity contribution in [3.63, 3.8) is 0 Å². The van der Waals surface area contributed by atoms with Crippen LogP contribution >= 0.6 is 0 Å². The van der Waals surface area contributed by atoms with Crippen molar-refractivity contribution >= 4 is 11.9 Å². The summed E-state index contributed by atoms with van der Waals surface area (Å²) >= 11 is 0. The fraction of sp³-hybridized carbons (Fsp3) is 0.818. The highest BCUT2D eigenvalue weighted by Crippen LogP contribution is 1.99. The Morgan fingerprint density at radius 3 is 2.38 bits per heavy atom. The van der Waals surface area contributed by atoms with Crippen LogP contribution in [0.4, 0.5) is 0 Å². The highest BCUT2D eigenvalue weighted by molar-refractivity contribution is 5.82. The fourth-order valence-electron chi connectivity index (χ4n) is 1.29. The Morgan fingerprint density at radius 2 is 1.94 bits per heavy atom. The van der Waals surface area contributed by atoms with Gasteiger partial charge in [-0.25, -0.2) is 0 Å². The van der Waals surface area contributed by atoms with E-state index in [9.17, 15) is 9.59 Å². The first kappa shape index (κ1) is 14.9. The number of rotatable bonds is 7. The van der Waals surface area contributed by atoms with Crippen LogP contribution in [0.25, 0.3) is 0 Å². The maximum atomic E-state index is 11.7. The van der Waals surface area contributed by atoms with Crippen LogP contribution in [0.1, 0.15) is 33.6 Å². The molecular weight excluding hydrogens is 208 g/mol. The molecule has 0 aliphatic carbocycles. The summed E-state index contributed by atoms with van der Waals surface area (Å²) in [4.78, 5) is 24.4. The SMILES string of the molecule is CCOC(=O)CCN(CC)C(=O)[C@@H](N)CC. The zero-order chi connectivity index (χ0) is 12.6. The van der Waals surface area contributed by atoms with Gasteiger partial charge in [-0.05, 0) is 20.3 Å². The third kappa shape index (κ3) is 5.11. The Labute approximate surface area is 96.9 Å². The third-order valence-electron chi connectivity index (χ3n) is 2.34. The van der Waals surface area contributed by atoms with Gasteiger partial charge in [0.1, 0.15) is 0 Å². The van der Waals surface area contributed by atoms with Gasteiger partial charge in [0, 0.05) is 13.1 Å². The average molecular weight is 230 g/mol. The van der Waals surface area contributed by atoms with Crippen molar-refractivity contribution in [2.24, 2.45) is 5.73 Å². The van der Waals surface area contributed by atoms with E-state index in [1.165, 1.54) is 0 Å². The summed E-state index contributed by atoms with van der Waals surface area (Å²) < 4.78 is 4.80. The van der Waals surface area contributed by atoms with Crippen LogP contribution in [0.5, 0.6) is 0 Å². The minimum absolute atomic E-state index is 0.103. The topological polar surface area (TPSA) is 72.6 Å². The lowest BCUT2D eigenvalue weighted by atomic mass is 10.2. The van der Waals surface area contributed by atoms with Gasteiger partial charge in [-0.2, -0.15) is 0 Å². The maximum Gasteiger partial charge on any atom is 0.307 e. The summed E-state index contributed by atoms with van der Waals surface area (Å²) in [7, 11) is 0. The standard InChI is InChI=1S/C11H22N2O3/c1-4-9(12)11(15)13(5-2)8-7-10(14)16-6-3/h9H,4-8,12H2,1-3H3/t9-/m0/s1. The van der Waals surface area contributed by atoms with Crippen LogP contribution in [0.15, 0.2) is 0 Å². The summed E-state index contributed by atoms with van der Waals surface area (Å²) in [6, 6.07) is -0.470. The van der Waals surface area contributed by atoms with E-state index in [1.807, 2.05) is 13.8 Å². The molecule has 16 heavy (non-hydrogen) atoms. The molecule has 1 atom stereocenters. The van der Waals surface area contributed by atoms with Crippen molar-refractivity contribution in [1.82, 2.24) is 4.90 Å². The van der Waals surface area contributed by atoms with Gasteiger partial charge in [-0.3, -0.25) is 9.59 Å². The number of esters is 1. The largest absolute Gasteiger partial charge is 0.466 e. The monoisotopic (exact) mass is 230 g/mol. The maximum absolute atomic E-state index is 11.7. The van der Waals surface area contributed by atoms with E-state index in [0.29, 0.717) is 26.1 Å². The average Bonchev–Trinajstić information content (AvgIpc) is 2.28. The van der Waals surface area contributed by atoms with Gasteiger partial charge in [0.05, 0.1) is 19.1 Å². The Bertz CT molecular complexity index is 231. The number of hydrogen-bond donors (Lipinski definition) is 1. The molecule has 0 saturated heterocycles. The second-order valence-corrected chi connectivity index (χ2v) is 3.49. The number of amides is 1. The van der Waals surface area contributed by atoms with Gasteiger partial charge in [0.15, 0.2) is 0 Å². The fourth-order valence-corrected chi connectivity index (χ4v) is 1.29. The molecule has 5 nitrogen and oxygen atoms in total. The summed E-state index contributed by atoms with van der Waals surface area (Å²) in [6.45, 7) is 6.79. The van der Waals surface area contributed by atoms with Crippen molar-refractivity contribution in [2.45, 2.75) is 39.7 Å². The first-order valence-electron chi connectivity index (χ1n) is 5.76. The van der Waals surface area contributed by atoms with Crippen LogP contribution in [0.3, 0.4) is 0 Å². The number of ether oxygens (including phenoxy) is 1. The quantitative estimate of drug-likeness (QED) is 0.647. The summed E-state index contributed by atoms with van der Waals surface area (Å²) in [6.07, 6.45) is 0.832. The third-order valence-corrected chi connectivity index (χ3v) is 2.34. The molecule has 0 aliphatic heterocycles. The summed E-state index contributed by atoms with van der Waals surface area (Å²) in [5.41, 5.74) is 5.65.